The van der Waals surface area contributed by atoms with Gasteiger partial charge in [-0.3, -0.25) is 0 Å². The number of nitrogen functional groups attached to an aromatic ring is 1. The molecule has 0 saturated heterocycles. The van der Waals surface area contributed by atoms with Crippen molar-refractivity contribution in [2.45, 2.75) is 39.9 Å². The molecule has 3 nitrogen and oxygen atoms in total. The molecule has 0 aliphatic carbocycles. The van der Waals surface area contributed by atoms with E-state index in [1.165, 1.54) is 0 Å². The van der Waals surface area contributed by atoms with Gasteiger partial charge in [0, 0.05) is 23.1 Å². The fraction of sp³-hybridized carbons (Fsp3) is 0.500. The first-order valence-corrected chi connectivity index (χ1v) is 7.18. The molecule has 16 heavy (non-hydrogen) atoms. The van der Waals surface area contributed by atoms with Crippen LogP contribution in [0, 0.1) is 0 Å². The van der Waals surface area contributed by atoms with Gasteiger partial charge in [0.1, 0.15) is 0 Å². The first-order valence-electron chi connectivity index (χ1n) is 5.66. The number of para-hydroxylation sites is 1. The monoisotopic (exact) mass is 239 g/mol. The Morgan fingerprint density at radius 3 is 1.94 bits per heavy atom. The normalized spacial score (nSPS) is 11.7. The molecule has 1 rings (SSSR count). The fourth-order valence-electron chi connectivity index (χ4n) is 1.40. The van der Waals surface area contributed by atoms with Crippen LogP contribution < -0.4 is 10.9 Å². The van der Waals surface area contributed by atoms with Crippen LogP contribution in [-0.4, -0.2) is 21.5 Å². The number of nitrogens with two attached hydrogens (primary N) is 1. The Kier molecular flexibility index (Phi) is 4.98. The molecule has 4 heteroatoms. The van der Waals surface area contributed by atoms with Crippen LogP contribution in [-0.2, 0) is 8.85 Å². The van der Waals surface area contributed by atoms with Crippen molar-refractivity contribution in [1.29, 1.82) is 0 Å². The summed E-state index contributed by atoms with van der Waals surface area (Å²) < 4.78 is 11.7. The number of hydrogen-bond acceptors (Lipinski definition) is 3. The molecule has 0 unspecified atom stereocenters. The van der Waals surface area contributed by atoms with Crippen molar-refractivity contribution >= 4 is 20.2 Å². The maximum Gasteiger partial charge on any atom is 0.358 e. The second kappa shape index (κ2) is 6.03. The standard InChI is InChI=1S/C12H21NO2Si/c1-9(2)14-16(15-10(3)4)12-8-6-5-7-11(12)13/h5-10,16H,13H2,1-4H3. The number of benzene rings is 1. The Hall–Kier alpha value is -0.843. The molecule has 0 fully saturated rings. The molecule has 0 aromatic heterocycles. The summed E-state index contributed by atoms with van der Waals surface area (Å²) in [6.45, 7) is 8.07. The van der Waals surface area contributed by atoms with Crippen LogP contribution in [0.2, 0.25) is 0 Å². The zero-order valence-electron chi connectivity index (χ0n) is 10.4. The molecule has 0 atom stereocenters. The molecule has 0 aliphatic heterocycles. The van der Waals surface area contributed by atoms with Gasteiger partial charge in [0.15, 0.2) is 0 Å². The molecule has 0 amide bonds. The highest BCUT2D eigenvalue weighted by Crippen LogP contribution is 2.06. The van der Waals surface area contributed by atoms with Gasteiger partial charge in [-0.05, 0) is 33.8 Å². The first kappa shape index (κ1) is 13.2. The summed E-state index contributed by atoms with van der Waals surface area (Å²) in [5.41, 5.74) is 6.71. The highest BCUT2D eigenvalue weighted by Gasteiger charge is 2.21. The minimum atomic E-state index is -1.87. The van der Waals surface area contributed by atoms with Gasteiger partial charge in [0.25, 0.3) is 0 Å². The molecule has 0 aliphatic rings. The third kappa shape index (κ3) is 3.96. The molecule has 90 valence electrons. The van der Waals surface area contributed by atoms with Crippen molar-refractivity contribution in [2.75, 3.05) is 5.73 Å². The Morgan fingerprint density at radius 1 is 1.00 bits per heavy atom. The van der Waals surface area contributed by atoms with Crippen molar-refractivity contribution in [3.05, 3.63) is 24.3 Å². The highest BCUT2D eigenvalue weighted by atomic mass is 28.3. The molecule has 0 radical (unpaired) electrons. The van der Waals surface area contributed by atoms with E-state index in [0.717, 1.165) is 10.9 Å². The van der Waals surface area contributed by atoms with Crippen LogP contribution in [0.25, 0.3) is 0 Å². The third-order valence-corrected chi connectivity index (χ3v) is 4.66. The maximum absolute atomic E-state index is 5.95. The maximum atomic E-state index is 5.95. The zero-order valence-corrected chi connectivity index (χ0v) is 11.6. The van der Waals surface area contributed by atoms with Crippen LogP contribution in [0.15, 0.2) is 24.3 Å². The Bertz CT molecular complexity index is 319. The van der Waals surface area contributed by atoms with E-state index in [0.29, 0.717) is 0 Å². The van der Waals surface area contributed by atoms with Crippen molar-refractivity contribution < 1.29 is 8.85 Å². The minimum absolute atomic E-state index is 0.162. The average molecular weight is 239 g/mol. The van der Waals surface area contributed by atoms with Gasteiger partial charge in [0.2, 0.25) is 0 Å². The predicted molar refractivity (Wildman–Crippen MR) is 70.1 cm³/mol. The summed E-state index contributed by atoms with van der Waals surface area (Å²) in [6.07, 6.45) is 0.324. The van der Waals surface area contributed by atoms with Crippen molar-refractivity contribution in [3.8, 4) is 0 Å². The first-order chi connectivity index (χ1) is 7.50. The largest absolute Gasteiger partial charge is 0.399 e. The average Bonchev–Trinajstić information content (AvgIpc) is 2.15. The van der Waals surface area contributed by atoms with Crippen molar-refractivity contribution in [1.82, 2.24) is 0 Å². The molecule has 1 aromatic carbocycles. The van der Waals surface area contributed by atoms with E-state index in [9.17, 15) is 0 Å². The summed E-state index contributed by atoms with van der Waals surface area (Å²) in [6, 6.07) is 7.79. The molecule has 0 saturated carbocycles. The van der Waals surface area contributed by atoms with Crippen LogP contribution in [0.1, 0.15) is 27.7 Å². The minimum Gasteiger partial charge on any atom is -0.399 e. The SMILES string of the molecule is CC(C)O[SiH](OC(C)C)c1ccccc1N. The lowest BCUT2D eigenvalue weighted by atomic mass is 10.3. The van der Waals surface area contributed by atoms with Gasteiger partial charge in [-0.25, -0.2) is 0 Å². The van der Waals surface area contributed by atoms with E-state index in [1.807, 2.05) is 52.0 Å². The van der Waals surface area contributed by atoms with E-state index in [-0.39, 0.29) is 12.2 Å². The van der Waals surface area contributed by atoms with Gasteiger partial charge in [-0.1, -0.05) is 18.2 Å². The number of hydrogen-bond donors (Lipinski definition) is 1. The number of anilines is 1. The van der Waals surface area contributed by atoms with Crippen LogP contribution >= 0.6 is 0 Å². The van der Waals surface area contributed by atoms with Crippen LogP contribution in [0.3, 0.4) is 0 Å². The molecule has 0 bridgehead atoms. The van der Waals surface area contributed by atoms with Crippen molar-refractivity contribution in [3.63, 3.8) is 0 Å². The lowest BCUT2D eigenvalue weighted by Crippen LogP contribution is -2.42. The van der Waals surface area contributed by atoms with E-state index < -0.39 is 9.28 Å². The number of rotatable bonds is 5. The smallest absolute Gasteiger partial charge is 0.358 e. The van der Waals surface area contributed by atoms with Gasteiger partial charge < -0.3 is 14.6 Å². The van der Waals surface area contributed by atoms with Gasteiger partial charge >= 0.3 is 9.28 Å². The fourth-order valence-corrected chi connectivity index (χ4v) is 3.38. The molecule has 0 spiro atoms. The second-order valence-corrected chi connectivity index (χ2v) is 6.16. The molecule has 0 heterocycles. The summed E-state index contributed by atoms with van der Waals surface area (Å²) in [7, 11) is -1.87. The van der Waals surface area contributed by atoms with E-state index >= 15 is 0 Å². The quantitative estimate of drug-likeness (QED) is 0.626. The lowest BCUT2D eigenvalue weighted by molar-refractivity contribution is 0.139. The summed E-state index contributed by atoms with van der Waals surface area (Å²) in [4.78, 5) is 0. The molecular weight excluding hydrogens is 218 g/mol. The predicted octanol–water partition coefficient (Wildman–Crippen LogP) is 1.55. The van der Waals surface area contributed by atoms with E-state index in [1.54, 1.807) is 0 Å². The van der Waals surface area contributed by atoms with E-state index in [2.05, 4.69) is 0 Å². The Morgan fingerprint density at radius 2 is 1.50 bits per heavy atom. The van der Waals surface area contributed by atoms with Gasteiger partial charge in [-0.2, -0.15) is 0 Å². The topological polar surface area (TPSA) is 44.5 Å². The summed E-state index contributed by atoms with van der Waals surface area (Å²) >= 11 is 0. The van der Waals surface area contributed by atoms with Gasteiger partial charge in [0.05, 0.1) is 0 Å². The third-order valence-electron chi connectivity index (χ3n) is 2.04. The summed E-state index contributed by atoms with van der Waals surface area (Å²) in [5, 5.41) is 1.03. The van der Waals surface area contributed by atoms with Crippen molar-refractivity contribution in [2.24, 2.45) is 0 Å². The Balaban J connectivity index is 2.87. The Labute approximate surface area is 99.4 Å². The molecular formula is C12H21NO2Si. The zero-order chi connectivity index (χ0) is 12.1. The van der Waals surface area contributed by atoms with Crippen LogP contribution in [0.5, 0.6) is 0 Å². The summed E-state index contributed by atoms with van der Waals surface area (Å²) in [5.74, 6) is 0. The molecule has 1 aromatic rings. The highest BCUT2D eigenvalue weighted by molar-refractivity contribution is 6.63. The van der Waals surface area contributed by atoms with Crippen LogP contribution in [0.4, 0.5) is 5.69 Å². The second-order valence-electron chi connectivity index (χ2n) is 4.33. The van der Waals surface area contributed by atoms with Gasteiger partial charge in [-0.15, -0.1) is 0 Å². The van der Waals surface area contributed by atoms with E-state index in [4.69, 9.17) is 14.6 Å². The lowest BCUT2D eigenvalue weighted by Gasteiger charge is -2.22. The molecule has 2 N–H and O–H groups in total.